The fourth-order valence-electron chi connectivity index (χ4n) is 3.73. The molecule has 0 unspecified atom stereocenters. The molecule has 0 aromatic carbocycles. The van der Waals surface area contributed by atoms with Crippen molar-refractivity contribution in [1.82, 2.24) is 0 Å². The molecule has 128 valence electrons. The fourth-order valence-corrected chi connectivity index (χ4v) is 9.02. The topological polar surface area (TPSA) is 90.2 Å². The van der Waals surface area contributed by atoms with E-state index < -0.39 is 38.8 Å². The highest BCUT2D eigenvalue weighted by atomic mass is 28.3. The van der Waals surface area contributed by atoms with Crippen molar-refractivity contribution in [3.63, 3.8) is 0 Å². The van der Waals surface area contributed by atoms with Crippen molar-refractivity contribution in [3.8, 4) is 11.5 Å². The van der Waals surface area contributed by atoms with E-state index >= 15 is 0 Å². The van der Waals surface area contributed by atoms with Crippen molar-refractivity contribution in [2.24, 2.45) is 0 Å². The summed E-state index contributed by atoms with van der Waals surface area (Å²) >= 11 is 0. The number of hydrogen-bond acceptors (Lipinski definition) is 5. The maximum Gasteiger partial charge on any atom is 0.185 e. The van der Waals surface area contributed by atoms with Gasteiger partial charge in [0.05, 0.1) is 6.61 Å². The lowest BCUT2D eigenvalue weighted by Gasteiger charge is -2.38. The molecule has 1 aliphatic heterocycles. The quantitative estimate of drug-likeness (QED) is 0.456. The van der Waals surface area contributed by atoms with E-state index in [1.165, 1.54) is 0 Å². The van der Waals surface area contributed by atoms with Crippen LogP contribution in [0.25, 0.3) is 0 Å². The first-order valence-electron chi connectivity index (χ1n) is 7.93. The van der Waals surface area contributed by atoms with Crippen LogP contribution in [0.2, 0.25) is 16.6 Å². The Morgan fingerprint density at radius 2 is 1.50 bits per heavy atom. The molecule has 5 nitrogen and oxygen atoms in total. The number of aliphatic hydroxyl groups excluding tert-OH is 3. The van der Waals surface area contributed by atoms with Crippen molar-refractivity contribution in [3.05, 3.63) is 0 Å². The summed E-state index contributed by atoms with van der Waals surface area (Å²) in [7, 11) is -2.09. The van der Waals surface area contributed by atoms with Gasteiger partial charge in [0.2, 0.25) is 0 Å². The standard InChI is InChI=1S/C16H30O5Si/c1-10(2)22(11(3)4,12(5)6)8-7-16(20)13(9-17)21-15(19)14(16)18/h10-15,17-20H,9H2,1-6H3/t13-,14+,15-,16-/m1/s1. The Kier molecular flexibility index (Phi) is 6.24. The molecule has 1 saturated heterocycles. The largest absolute Gasteiger partial charge is 0.394 e. The summed E-state index contributed by atoms with van der Waals surface area (Å²) in [5, 5.41) is 39.6. The molecule has 0 saturated carbocycles. The Hall–Kier alpha value is -0.423. The molecular weight excluding hydrogens is 300 g/mol. The van der Waals surface area contributed by atoms with Crippen LogP contribution in [0.15, 0.2) is 0 Å². The average molecular weight is 330 g/mol. The SMILES string of the molecule is CC(C)[Si](C#C[C@@]1(O)[C@@H](CO)O[C@@H](O)[C@@H]1O)(C(C)C)C(C)C. The second kappa shape index (κ2) is 6.99. The van der Waals surface area contributed by atoms with Crippen LogP contribution in [0.5, 0.6) is 0 Å². The monoisotopic (exact) mass is 330 g/mol. The summed E-state index contributed by atoms with van der Waals surface area (Å²) < 4.78 is 5.00. The molecule has 0 aromatic rings. The number of hydrogen-bond donors (Lipinski definition) is 4. The van der Waals surface area contributed by atoms with E-state index in [0.29, 0.717) is 16.6 Å². The molecule has 22 heavy (non-hydrogen) atoms. The van der Waals surface area contributed by atoms with Crippen molar-refractivity contribution in [2.75, 3.05) is 6.61 Å². The van der Waals surface area contributed by atoms with E-state index in [1.807, 2.05) is 0 Å². The first-order valence-corrected chi connectivity index (χ1v) is 10.2. The van der Waals surface area contributed by atoms with Crippen LogP contribution >= 0.6 is 0 Å². The Morgan fingerprint density at radius 3 is 1.86 bits per heavy atom. The number of aliphatic hydroxyl groups is 4. The van der Waals surface area contributed by atoms with E-state index in [9.17, 15) is 20.4 Å². The molecule has 0 amide bonds. The third-order valence-electron chi connectivity index (χ3n) is 5.03. The van der Waals surface area contributed by atoms with Gasteiger partial charge in [0.15, 0.2) is 11.9 Å². The average Bonchev–Trinajstić information content (AvgIpc) is 2.62. The van der Waals surface area contributed by atoms with E-state index in [-0.39, 0.29) is 0 Å². The molecule has 0 aromatic heterocycles. The van der Waals surface area contributed by atoms with Crippen LogP contribution in [-0.2, 0) is 4.74 Å². The lowest BCUT2D eigenvalue weighted by Crippen LogP contribution is -2.50. The lowest BCUT2D eigenvalue weighted by molar-refractivity contribution is -0.132. The van der Waals surface area contributed by atoms with Crippen molar-refractivity contribution < 1.29 is 25.2 Å². The molecule has 0 aliphatic carbocycles. The molecule has 4 atom stereocenters. The van der Waals surface area contributed by atoms with E-state index in [1.54, 1.807) is 0 Å². The molecule has 0 bridgehead atoms. The van der Waals surface area contributed by atoms with Gasteiger partial charge in [0, 0.05) is 0 Å². The minimum absolute atomic E-state index is 0.376. The van der Waals surface area contributed by atoms with Gasteiger partial charge in [0.25, 0.3) is 0 Å². The van der Waals surface area contributed by atoms with Gasteiger partial charge in [-0.15, -0.1) is 5.54 Å². The molecule has 6 heteroatoms. The molecule has 1 rings (SSSR count). The summed E-state index contributed by atoms with van der Waals surface area (Å²) in [6.45, 7) is 12.3. The van der Waals surface area contributed by atoms with Crippen LogP contribution in [0.3, 0.4) is 0 Å². The summed E-state index contributed by atoms with van der Waals surface area (Å²) in [4.78, 5) is 0. The molecule has 1 fully saturated rings. The summed E-state index contributed by atoms with van der Waals surface area (Å²) in [6, 6.07) is 0. The molecule has 1 heterocycles. The predicted molar refractivity (Wildman–Crippen MR) is 87.7 cm³/mol. The van der Waals surface area contributed by atoms with Crippen LogP contribution in [0.4, 0.5) is 0 Å². The Bertz CT molecular complexity index is 418. The summed E-state index contributed by atoms with van der Waals surface area (Å²) in [5.74, 6) is 2.80. The summed E-state index contributed by atoms with van der Waals surface area (Å²) in [6.07, 6.45) is -4.19. The first-order chi connectivity index (χ1) is 10.0. The van der Waals surface area contributed by atoms with Gasteiger partial charge in [0.1, 0.15) is 20.3 Å². The molecule has 0 spiro atoms. The zero-order chi connectivity index (χ0) is 17.3. The summed E-state index contributed by atoms with van der Waals surface area (Å²) in [5.41, 5.74) is 2.49. The van der Waals surface area contributed by atoms with E-state index in [4.69, 9.17) is 4.74 Å². The minimum Gasteiger partial charge on any atom is -0.394 e. The van der Waals surface area contributed by atoms with Gasteiger partial charge < -0.3 is 25.2 Å². The van der Waals surface area contributed by atoms with Gasteiger partial charge in [-0.05, 0) is 16.6 Å². The van der Waals surface area contributed by atoms with Crippen LogP contribution in [0, 0.1) is 11.5 Å². The van der Waals surface area contributed by atoms with Crippen molar-refractivity contribution in [1.29, 1.82) is 0 Å². The van der Waals surface area contributed by atoms with Crippen LogP contribution in [-0.4, -0.2) is 59.2 Å². The third kappa shape index (κ3) is 3.11. The van der Waals surface area contributed by atoms with Crippen molar-refractivity contribution >= 4 is 8.07 Å². The first kappa shape index (κ1) is 19.6. The van der Waals surface area contributed by atoms with Gasteiger partial charge in [-0.3, -0.25) is 0 Å². The number of rotatable bonds is 4. The maximum atomic E-state index is 10.7. The van der Waals surface area contributed by atoms with Crippen molar-refractivity contribution in [2.45, 2.75) is 82.3 Å². The molecule has 1 aliphatic rings. The zero-order valence-electron chi connectivity index (χ0n) is 14.4. The van der Waals surface area contributed by atoms with E-state index in [2.05, 4.69) is 53.0 Å². The molecular formula is C16H30O5Si. The second-order valence-corrected chi connectivity index (χ2v) is 12.7. The van der Waals surface area contributed by atoms with Crippen LogP contribution in [0.1, 0.15) is 41.5 Å². The molecule has 4 N–H and O–H groups in total. The fraction of sp³-hybridized carbons (Fsp3) is 0.875. The van der Waals surface area contributed by atoms with Gasteiger partial charge in [-0.2, -0.15) is 0 Å². The third-order valence-corrected chi connectivity index (χ3v) is 11.3. The van der Waals surface area contributed by atoms with Gasteiger partial charge in [-0.25, -0.2) is 0 Å². The second-order valence-electron chi connectivity index (χ2n) is 7.12. The molecule has 0 radical (unpaired) electrons. The Morgan fingerprint density at radius 1 is 1.05 bits per heavy atom. The Balaban J connectivity index is 3.33. The highest BCUT2D eigenvalue weighted by molar-refractivity contribution is 6.90. The number of ether oxygens (including phenoxy) is 1. The highest BCUT2D eigenvalue weighted by Gasteiger charge is 2.54. The minimum atomic E-state index is -2.09. The maximum absolute atomic E-state index is 10.7. The van der Waals surface area contributed by atoms with Gasteiger partial charge in [-0.1, -0.05) is 47.5 Å². The highest BCUT2D eigenvalue weighted by Crippen LogP contribution is 2.41. The zero-order valence-corrected chi connectivity index (χ0v) is 15.4. The van der Waals surface area contributed by atoms with Gasteiger partial charge >= 0.3 is 0 Å². The smallest absolute Gasteiger partial charge is 0.185 e. The predicted octanol–water partition coefficient (Wildman–Crippen LogP) is 1.01. The normalized spacial score (nSPS) is 32.7. The lowest BCUT2D eigenvalue weighted by atomic mass is 9.94. The van der Waals surface area contributed by atoms with Crippen LogP contribution < -0.4 is 0 Å². The van der Waals surface area contributed by atoms with E-state index in [0.717, 1.165) is 0 Å². The Labute approximate surface area is 134 Å².